The average molecular weight is 357 g/mol. The van der Waals surface area contributed by atoms with E-state index >= 15 is 0 Å². The number of hydrogen-bond donors (Lipinski definition) is 1. The van der Waals surface area contributed by atoms with E-state index in [0.29, 0.717) is 24.6 Å². The Bertz CT molecular complexity index is 625. The molecule has 1 aliphatic heterocycles. The maximum atomic E-state index is 12.4. The lowest BCUT2D eigenvalue weighted by Crippen LogP contribution is -2.35. The second-order valence-electron chi connectivity index (χ2n) is 7.58. The third-order valence-corrected chi connectivity index (χ3v) is 5.66. The summed E-state index contributed by atoms with van der Waals surface area (Å²) in [6.07, 6.45) is 9.15. The molecule has 1 aliphatic carbocycles. The van der Waals surface area contributed by atoms with Gasteiger partial charge in [0.05, 0.1) is 0 Å². The molecule has 0 bridgehead atoms. The number of carbonyl (C=O) groups is 2. The van der Waals surface area contributed by atoms with Crippen molar-refractivity contribution in [1.82, 2.24) is 10.2 Å². The van der Waals surface area contributed by atoms with Gasteiger partial charge >= 0.3 is 0 Å². The van der Waals surface area contributed by atoms with Gasteiger partial charge in [0.1, 0.15) is 0 Å². The molecule has 1 heterocycles. The molecule has 2 aliphatic rings. The summed E-state index contributed by atoms with van der Waals surface area (Å²) in [5, 5.41) is 3.02. The van der Waals surface area contributed by atoms with Gasteiger partial charge in [-0.15, -0.1) is 0 Å². The first-order valence-corrected chi connectivity index (χ1v) is 10.0. The normalized spacial score (nSPS) is 18.5. The van der Waals surface area contributed by atoms with Crippen molar-refractivity contribution >= 4 is 17.5 Å². The zero-order chi connectivity index (χ0) is 18.4. The van der Waals surface area contributed by atoms with E-state index < -0.39 is 0 Å². The smallest absolute Gasteiger partial charge is 0.251 e. The van der Waals surface area contributed by atoms with Crippen molar-refractivity contribution in [2.24, 2.45) is 0 Å². The predicted octanol–water partition coefficient (Wildman–Crippen LogP) is 3.20. The standard InChI is InChI=1S/C21H31N3O2/c1-23(18-9-3-2-4-10-18)14-7-13-22-21(26)17-8-5-11-19(16-17)24-15-6-12-20(24)25/h5,8,11,16,18H,2-4,6-7,9-10,12-15H2,1H3,(H,22,26). The van der Waals surface area contributed by atoms with Gasteiger partial charge in [-0.05, 0) is 57.5 Å². The van der Waals surface area contributed by atoms with Gasteiger partial charge in [0, 0.05) is 36.8 Å². The van der Waals surface area contributed by atoms with E-state index in [1.807, 2.05) is 24.3 Å². The van der Waals surface area contributed by atoms with Crippen molar-refractivity contribution in [2.45, 2.75) is 57.4 Å². The molecule has 142 valence electrons. The maximum Gasteiger partial charge on any atom is 0.251 e. The first-order chi connectivity index (χ1) is 12.6. The van der Waals surface area contributed by atoms with Crippen LogP contribution in [0.3, 0.4) is 0 Å². The van der Waals surface area contributed by atoms with Crippen molar-refractivity contribution < 1.29 is 9.59 Å². The number of hydrogen-bond acceptors (Lipinski definition) is 3. The van der Waals surface area contributed by atoms with Crippen molar-refractivity contribution in [3.05, 3.63) is 29.8 Å². The summed E-state index contributed by atoms with van der Waals surface area (Å²) in [5.74, 6) is 0.0899. The molecule has 0 spiro atoms. The molecule has 2 amide bonds. The van der Waals surface area contributed by atoms with Gasteiger partial charge in [0.2, 0.25) is 5.91 Å². The minimum Gasteiger partial charge on any atom is -0.352 e. The van der Waals surface area contributed by atoms with Crippen LogP contribution >= 0.6 is 0 Å². The SMILES string of the molecule is CN(CCCNC(=O)c1cccc(N2CCCC2=O)c1)C1CCCCC1. The molecule has 1 aromatic rings. The highest BCUT2D eigenvalue weighted by Gasteiger charge is 2.22. The van der Waals surface area contributed by atoms with Crippen LogP contribution in [0.4, 0.5) is 5.69 Å². The molecule has 5 heteroatoms. The van der Waals surface area contributed by atoms with Gasteiger partial charge in [0.15, 0.2) is 0 Å². The largest absolute Gasteiger partial charge is 0.352 e. The second-order valence-corrected chi connectivity index (χ2v) is 7.58. The van der Waals surface area contributed by atoms with E-state index in [-0.39, 0.29) is 11.8 Å². The Morgan fingerprint density at radius 2 is 2.04 bits per heavy atom. The van der Waals surface area contributed by atoms with Crippen LogP contribution in [0, 0.1) is 0 Å². The molecule has 1 saturated carbocycles. The van der Waals surface area contributed by atoms with E-state index in [1.54, 1.807) is 4.90 Å². The van der Waals surface area contributed by atoms with Crippen molar-refractivity contribution in [3.8, 4) is 0 Å². The molecule has 0 unspecified atom stereocenters. The summed E-state index contributed by atoms with van der Waals surface area (Å²) in [6, 6.07) is 8.11. The fraction of sp³-hybridized carbons (Fsp3) is 0.619. The topological polar surface area (TPSA) is 52.7 Å². The second kappa shape index (κ2) is 9.17. The average Bonchev–Trinajstić information content (AvgIpc) is 3.11. The molecule has 0 radical (unpaired) electrons. The zero-order valence-electron chi connectivity index (χ0n) is 15.9. The lowest BCUT2D eigenvalue weighted by atomic mass is 9.94. The summed E-state index contributed by atoms with van der Waals surface area (Å²) in [4.78, 5) is 28.5. The Hall–Kier alpha value is -1.88. The number of nitrogens with zero attached hydrogens (tertiary/aromatic N) is 2. The summed E-state index contributed by atoms with van der Waals surface area (Å²) in [5.41, 5.74) is 1.46. The van der Waals surface area contributed by atoms with Crippen LogP contribution < -0.4 is 10.2 Å². The maximum absolute atomic E-state index is 12.4. The van der Waals surface area contributed by atoms with Crippen molar-refractivity contribution in [2.75, 3.05) is 31.6 Å². The summed E-state index contributed by atoms with van der Waals surface area (Å²) < 4.78 is 0. The molecule has 1 aromatic carbocycles. The van der Waals surface area contributed by atoms with Crippen LogP contribution in [0.15, 0.2) is 24.3 Å². The predicted molar refractivity (Wildman–Crippen MR) is 104 cm³/mol. The van der Waals surface area contributed by atoms with Crippen LogP contribution in [0.5, 0.6) is 0 Å². The first kappa shape index (κ1) is 18.9. The molecule has 26 heavy (non-hydrogen) atoms. The molecule has 2 fully saturated rings. The molecular weight excluding hydrogens is 326 g/mol. The van der Waals surface area contributed by atoms with Gasteiger partial charge in [0.25, 0.3) is 5.91 Å². The van der Waals surface area contributed by atoms with Gasteiger partial charge in [-0.1, -0.05) is 25.3 Å². The van der Waals surface area contributed by atoms with Crippen LogP contribution in [0.25, 0.3) is 0 Å². The van der Waals surface area contributed by atoms with Gasteiger partial charge in [-0.2, -0.15) is 0 Å². The van der Waals surface area contributed by atoms with Crippen LogP contribution in [0.1, 0.15) is 61.7 Å². The number of benzene rings is 1. The number of carbonyl (C=O) groups excluding carboxylic acids is 2. The third kappa shape index (κ3) is 4.85. The van der Waals surface area contributed by atoms with Crippen LogP contribution in [0.2, 0.25) is 0 Å². The third-order valence-electron chi connectivity index (χ3n) is 5.66. The Balaban J connectivity index is 1.44. The Labute approximate surface area is 156 Å². The molecule has 0 aromatic heterocycles. The van der Waals surface area contributed by atoms with E-state index in [1.165, 1.54) is 32.1 Å². The molecule has 1 N–H and O–H groups in total. The van der Waals surface area contributed by atoms with E-state index in [0.717, 1.165) is 31.6 Å². The minimum absolute atomic E-state index is 0.0567. The highest BCUT2D eigenvalue weighted by molar-refractivity contribution is 5.99. The molecule has 5 nitrogen and oxygen atoms in total. The highest BCUT2D eigenvalue weighted by atomic mass is 16.2. The molecule has 1 saturated heterocycles. The van der Waals surface area contributed by atoms with Crippen molar-refractivity contribution in [1.29, 1.82) is 0 Å². The zero-order valence-corrected chi connectivity index (χ0v) is 15.9. The van der Waals surface area contributed by atoms with E-state index in [9.17, 15) is 9.59 Å². The molecule has 3 rings (SSSR count). The first-order valence-electron chi connectivity index (χ1n) is 10.0. The van der Waals surface area contributed by atoms with Crippen molar-refractivity contribution in [3.63, 3.8) is 0 Å². The van der Waals surface area contributed by atoms with Gasteiger partial charge < -0.3 is 15.1 Å². The minimum atomic E-state index is -0.0567. The van der Waals surface area contributed by atoms with Gasteiger partial charge in [-0.25, -0.2) is 0 Å². The fourth-order valence-corrected chi connectivity index (χ4v) is 4.07. The lowest BCUT2D eigenvalue weighted by Gasteiger charge is -2.31. The monoisotopic (exact) mass is 357 g/mol. The number of nitrogens with one attached hydrogen (secondary N) is 1. The van der Waals surface area contributed by atoms with Gasteiger partial charge in [-0.3, -0.25) is 9.59 Å². The van der Waals surface area contributed by atoms with E-state index in [2.05, 4.69) is 17.3 Å². The Morgan fingerprint density at radius 1 is 1.23 bits per heavy atom. The highest BCUT2D eigenvalue weighted by Crippen LogP contribution is 2.23. The summed E-state index contributed by atoms with van der Waals surface area (Å²) in [6.45, 7) is 2.45. The lowest BCUT2D eigenvalue weighted by molar-refractivity contribution is -0.117. The Morgan fingerprint density at radius 3 is 2.77 bits per heavy atom. The number of anilines is 1. The van der Waals surface area contributed by atoms with E-state index in [4.69, 9.17) is 0 Å². The molecule has 0 atom stereocenters. The number of rotatable bonds is 7. The fourth-order valence-electron chi connectivity index (χ4n) is 4.07. The quantitative estimate of drug-likeness (QED) is 0.763. The van der Waals surface area contributed by atoms with Crippen LogP contribution in [-0.2, 0) is 4.79 Å². The molecular formula is C21H31N3O2. The summed E-state index contributed by atoms with van der Waals surface area (Å²) >= 11 is 0. The summed E-state index contributed by atoms with van der Waals surface area (Å²) in [7, 11) is 2.20. The Kier molecular flexibility index (Phi) is 6.67. The number of amides is 2. The van der Waals surface area contributed by atoms with Crippen LogP contribution in [-0.4, -0.2) is 49.4 Å².